The fourth-order valence-electron chi connectivity index (χ4n) is 1.45. The summed E-state index contributed by atoms with van der Waals surface area (Å²) in [5, 5.41) is 3.60. The molecular formula is C13H19N3S. The predicted molar refractivity (Wildman–Crippen MR) is 78.1 cm³/mol. The lowest BCUT2D eigenvalue weighted by Gasteiger charge is -2.13. The Balaban J connectivity index is 2.44. The van der Waals surface area contributed by atoms with Crippen LogP contribution >= 0.6 is 12.2 Å². The summed E-state index contributed by atoms with van der Waals surface area (Å²) < 4.78 is 0. The van der Waals surface area contributed by atoms with Crippen LogP contribution in [0, 0.1) is 13.8 Å². The summed E-state index contributed by atoms with van der Waals surface area (Å²) in [5.41, 5.74) is 10.5. The number of thiocarbonyl (C=S) groups is 1. The first-order valence-corrected chi connectivity index (χ1v) is 5.91. The second-order valence-corrected chi connectivity index (χ2v) is 4.67. The highest BCUT2D eigenvalue weighted by molar-refractivity contribution is 7.80. The highest BCUT2D eigenvalue weighted by atomic mass is 32.1. The van der Waals surface area contributed by atoms with E-state index in [1.54, 1.807) is 0 Å². The van der Waals surface area contributed by atoms with Gasteiger partial charge in [-0.1, -0.05) is 18.2 Å². The molecule has 3 N–H and O–H groups in total. The lowest BCUT2D eigenvalue weighted by atomic mass is 10.1. The van der Waals surface area contributed by atoms with E-state index < -0.39 is 0 Å². The van der Waals surface area contributed by atoms with Crippen molar-refractivity contribution in [1.29, 1.82) is 0 Å². The standard InChI is InChI=1S/C13H19N3S/c1-9(2)8-14-13(17)16-15-12-6-10(3)5-11(4)7-12/h5-7,15H,1,8H2,2-4H3,(H2,14,16,17). The van der Waals surface area contributed by atoms with E-state index in [1.807, 2.05) is 6.92 Å². The van der Waals surface area contributed by atoms with Crippen LogP contribution in [0.1, 0.15) is 18.1 Å². The third-order valence-corrected chi connectivity index (χ3v) is 2.34. The van der Waals surface area contributed by atoms with Gasteiger partial charge < -0.3 is 5.32 Å². The van der Waals surface area contributed by atoms with E-state index in [-0.39, 0.29) is 0 Å². The summed E-state index contributed by atoms with van der Waals surface area (Å²) in [6, 6.07) is 6.24. The van der Waals surface area contributed by atoms with E-state index in [2.05, 4.69) is 54.8 Å². The molecule has 92 valence electrons. The van der Waals surface area contributed by atoms with Crippen LogP contribution in [0.15, 0.2) is 30.4 Å². The fourth-order valence-corrected chi connectivity index (χ4v) is 1.57. The molecule has 1 aromatic rings. The van der Waals surface area contributed by atoms with E-state index in [9.17, 15) is 0 Å². The van der Waals surface area contributed by atoms with Gasteiger partial charge in [-0.2, -0.15) is 0 Å². The summed E-state index contributed by atoms with van der Waals surface area (Å²) in [6.45, 7) is 10.6. The smallest absolute Gasteiger partial charge is 0.185 e. The van der Waals surface area contributed by atoms with Gasteiger partial charge in [-0.25, -0.2) is 0 Å². The van der Waals surface area contributed by atoms with Crippen LogP contribution in [-0.4, -0.2) is 11.7 Å². The van der Waals surface area contributed by atoms with E-state index in [1.165, 1.54) is 11.1 Å². The van der Waals surface area contributed by atoms with Gasteiger partial charge >= 0.3 is 0 Å². The summed E-state index contributed by atoms with van der Waals surface area (Å²) in [6.07, 6.45) is 0. The maximum Gasteiger partial charge on any atom is 0.185 e. The minimum absolute atomic E-state index is 0.562. The van der Waals surface area contributed by atoms with Gasteiger partial charge in [-0.15, -0.1) is 0 Å². The van der Waals surface area contributed by atoms with Crippen molar-refractivity contribution in [3.63, 3.8) is 0 Å². The van der Waals surface area contributed by atoms with Crippen molar-refractivity contribution in [2.75, 3.05) is 12.0 Å². The molecule has 0 heterocycles. The molecule has 17 heavy (non-hydrogen) atoms. The SMILES string of the molecule is C=C(C)CNC(=S)NNc1cc(C)cc(C)c1. The third-order valence-electron chi connectivity index (χ3n) is 2.09. The molecule has 3 nitrogen and oxygen atoms in total. The van der Waals surface area contributed by atoms with Crippen molar-refractivity contribution in [3.8, 4) is 0 Å². The first-order valence-electron chi connectivity index (χ1n) is 5.50. The van der Waals surface area contributed by atoms with Gasteiger partial charge in [-0.3, -0.25) is 10.9 Å². The van der Waals surface area contributed by atoms with Crippen LogP contribution in [0.2, 0.25) is 0 Å². The van der Waals surface area contributed by atoms with Crippen molar-refractivity contribution in [1.82, 2.24) is 10.7 Å². The molecule has 0 bridgehead atoms. The molecule has 0 aromatic heterocycles. The quantitative estimate of drug-likeness (QED) is 0.435. The molecule has 0 aliphatic heterocycles. The molecule has 0 aliphatic carbocycles. The Morgan fingerprint density at radius 2 is 1.82 bits per heavy atom. The van der Waals surface area contributed by atoms with Gasteiger partial charge in [-0.05, 0) is 56.2 Å². The van der Waals surface area contributed by atoms with Crippen LogP contribution < -0.4 is 16.2 Å². The summed E-state index contributed by atoms with van der Waals surface area (Å²) in [5.74, 6) is 0. The minimum atomic E-state index is 0.562. The number of aryl methyl sites for hydroxylation is 2. The minimum Gasteiger partial charge on any atom is -0.358 e. The second kappa shape index (κ2) is 6.25. The van der Waals surface area contributed by atoms with Crippen molar-refractivity contribution in [2.24, 2.45) is 0 Å². The lowest BCUT2D eigenvalue weighted by Crippen LogP contribution is -2.39. The van der Waals surface area contributed by atoms with Gasteiger partial charge in [0.05, 0.1) is 5.69 Å². The molecule has 0 unspecified atom stereocenters. The molecular weight excluding hydrogens is 230 g/mol. The highest BCUT2D eigenvalue weighted by Crippen LogP contribution is 2.12. The first-order chi connectivity index (χ1) is 7.97. The molecule has 0 aliphatic rings. The number of anilines is 1. The Kier molecular flexibility index (Phi) is 4.97. The Morgan fingerprint density at radius 3 is 2.35 bits per heavy atom. The number of rotatable bonds is 4. The number of hydrogen-bond acceptors (Lipinski definition) is 2. The van der Waals surface area contributed by atoms with Crippen molar-refractivity contribution < 1.29 is 0 Å². The maximum atomic E-state index is 5.11. The predicted octanol–water partition coefficient (Wildman–Crippen LogP) is 2.67. The number of benzene rings is 1. The number of nitrogens with one attached hydrogen (secondary N) is 3. The molecule has 0 fully saturated rings. The molecule has 0 spiro atoms. The average Bonchev–Trinajstić information content (AvgIpc) is 2.22. The van der Waals surface area contributed by atoms with Crippen molar-refractivity contribution >= 4 is 23.0 Å². The third kappa shape index (κ3) is 5.36. The monoisotopic (exact) mass is 249 g/mol. The van der Waals surface area contributed by atoms with Crippen LogP contribution in [0.3, 0.4) is 0 Å². The molecule has 4 heteroatoms. The Hall–Kier alpha value is -1.55. The van der Waals surface area contributed by atoms with Crippen molar-refractivity contribution in [3.05, 3.63) is 41.5 Å². The van der Waals surface area contributed by atoms with Gasteiger partial charge in [0.2, 0.25) is 0 Å². The van der Waals surface area contributed by atoms with Crippen LogP contribution in [0.25, 0.3) is 0 Å². The van der Waals surface area contributed by atoms with Gasteiger partial charge in [0.25, 0.3) is 0 Å². The fraction of sp³-hybridized carbons (Fsp3) is 0.308. The summed E-state index contributed by atoms with van der Waals surface area (Å²) in [7, 11) is 0. The Labute approximate surface area is 108 Å². The first kappa shape index (κ1) is 13.5. The molecule has 1 aromatic carbocycles. The largest absolute Gasteiger partial charge is 0.358 e. The second-order valence-electron chi connectivity index (χ2n) is 4.27. The highest BCUT2D eigenvalue weighted by Gasteiger charge is 1.97. The van der Waals surface area contributed by atoms with E-state index >= 15 is 0 Å². The summed E-state index contributed by atoms with van der Waals surface area (Å²) in [4.78, 5) is 0. The number of hydrazine groups is 1. The Bertz CT molecular complexity index is 406. The van der Waals surface area contributed by atoms with E-state index in [4.69, 9.17) is 12.2 Å². The van der Waals surface area contributed by atoms with Crippen LogP contribution in [0.5, 0.6) is 0 Å². The molecule has 0 radical (unpaired) electrons. The zero-order valence-electron chi connectivity index (χ0n) is 10.6. The lowest BCUT2D eigenvalue weighted by molar-refractivity contribution is 0.944. The van der Waals surface area contributed by atoms with E-state index in [0.29, 0.717) is 11.7 Å². The van der Waals surface area contributed by atoms with Gasteiger partial charge in [0, 0.05) is 6.54 Å². The van der Waals surface area contributed by atoms with Crippen LogP contribution in [0.4, 0.5) is 5.69 Å². The molecule has 0 amide bonds. The molecule has 0 saturated carbocycles. The zero-order valence-corrected chi connectivity index (χ0v) is 11.4. The molecule has 0 atom stereocenters. The van der Waals surface area contributed by atoms with Gasteiger partial charge in [0.15, 0.2) is 5.11 Å². The average molecular weight is 249 g/mol. The molecule has 0 saturated heterocycles. The zero-order chi connectivity index (χ0) is 12.8. The van der Waals surface area contributed by atoms with Crippen LogP contribution in [-0.2, 0) is 0 Å². The number of hydrogen-bond donors (Lipinski definition) is 3. The normalized spacial score (nSPS) is 9.59. The molecule has 1 rings (SSSR count). The van der Waals surface area contributed by atoms with Gasteiger partial charge in [0.1, 0.15) is 0 Å². The Morgan fingerprint density at radius 1 is 1.24 bits per heavy atom. The summed E-state index contributed by atoms with van der Waals surface area (Å²) >= 11 is 5.11. The topological polar surface area (TPSA) is 36.1 Å². The van der Waals surface area contributed by atoms with E-state index in [0.717, 1.165) is 11.3 Å². The van der Waals surface area contributed by atoms with Crippen molar-refractivity contribution in [2.45, 2.75) is 20.8 Å². The maximum absolute atomic E-state index is 5.11.